The van der Waals surface area contributed by atoms with Crippen molar-refractivity contribution in [1.82, 2.24) is 4.90 Å². The Hall–Kier alpha value is -0.710. The van der Waals surface area contributed by atoms with Gasteiger partial charge in [-0.05, 0) is 37.9 Å². The molecular formula is C16H22BrNO2. The molecule has 1 aromatic rings. The van der Waals surface area contributed by atoms with Gasteiger partial charge in [0.1, 0.15) is 0 Å². The van der Waals surface area contributed by atoms with Crippen LogP contribution in [0.4, 0.5) is 0 Å². The second-order valence-electron chi connectivity index (χ2n) is 5.39. The van der Waals surface area contributed by atoms with E-state index in [2.05, 4.69) is 20.8 Å². The van der Waals surface area contributed by atoms with Crippen LogP contribution in [0.15, 0.2) is 28.7 Å². The van der Waals surface area contributed by atoms with Crippen molar-refractivity contribution in [3.63, 3.8) is 0 Å². The molecule has 0 spiro atoms. The number of halogens is 1. The van der Waals surface area contributed by atoms with E-state index in [0.29, 0.717) is 12.3 Å². The van der Waals surface area contributed by atoms with Crippen molar-refractivity contribution in [3.8, 4) is 0 Å². The third-order valence-corrected chi connectivity index (χ3v) is 4.63. The number of ether oxygens (including phenoxy) is 1. The highest BCUT2D eigenvalue weighted by atomic mass is 79.9. The topological polar surface area (TPSA) is 29.5 Å². The Balaban J connectivity index is 1.76. The fraction of sp³-hybridized carbons (Fsp3) is 0.562. The first-order chi connectivity index (χ1) is 9.70. The summed E-state index contributed by atoms with van der Waals surface area (Å²) in [5.41, 5.74) is 0.793. The molecule has 1 heterocycles. The Morgan fingerprint density at radius 2 is 2.05 bits per heavy atom. The Morgan fingerprint density at radius 3 is 2.70 bits per heavy atom. The van der Waals surface area contributed by atoms with Crippen LogP contribution in [-0.4, -0.2) is 44.0 Å². The average molecular weight is 340 g/mol. The summed E-state index contributed by atoms with van der Waals surface area (Å²) in [6.07, 6.45) is 2.95. The predicted octanol–water partition coefficient (Wildman–Crippen LogP) is 3.38. The number of rotatable bonds is 6. The molecule has 0 aliphatic carbocycles. The summed E-state index contributed by atoms with van der Waals surface area (Å²) >= 11 is 3.44. The zero-order valence-electron chi connectivity index (χ0n) is 12.0. The van der Waals surface area contributed by atoms with E-state index in [1.165, 1.54) is 12.8 Å². The van der Waals surface area contributed by atoms with Crippen molar-refractivity contribution >= 4 is 21.7 Å². The van der Waals surface area contributed by atoms with Crippen LogP contribution >= 0.6 is 15.9 Å². The minimum absolute atomic E-state index is 0.219. The molecule has 1 aliphatic rings. The van der Waals surface area contributed by atoms with E-state index in [-0.39, 0.29) is 5.78 Å². The molecule has 0 atom stereocenters. The number of ketones is 1. The molecule has 1 saturated heterocycles. The van der Waals surface area contributed by atoms with Crippen molar-refractivity contribution in [1.29, 1.82) is 0 Å². The van der Waals surface area contributed by atoms with Gasteiger partial charge in [-0.3, -0.25) is 4.79 Å². The lowest BCUT2D eigenvalue weighted by atomic mass is 9.97. The average Bonchev–Trinajstić information content (AvgIpc) is 2.47. The van der Waals surface area contributed by atoms with Gasteiger partial charge in [-0.25, -0.2) is 0 Å². The summed E-state index contributed by atoms with van der Waals surface area (Å²) in [6, 6.07) is 7.65. The number of benzene rings is 1. The third kappa shape index (κ3) is 4.40. The quantitative estimate of drug-likeness (QED) is 0.744. The van der Waals surface area contributed by atoms with Crippen LogP contribution in [0, 0.1) is 5.92 Å². The molecule has 0 unspecified atom stereocenters. The van der Waals surface area contributed by atoms with Gasteiger partial charge in [-0.1, -0.05) is 34.1 Å². The van der Waals surface area contributed by atoms with E-state index >= 15 is 0 Å². The fourth-order valence-electron chi connectivity index (χ4n) is 2.69. The molecule has 4 heteroatoms. The monoisotopic (exact) mass is 339 g/mol. The molecule has 20 heavy (non-hydrogen) atoms. The molecular weight excluding hydrogens is 318 g/mol. The number of piperidine rings is 1. The summed E-state index contributed by atoms with van der Waals surface area (Å²) in [7, 11) is 1.77. The van der Waals surface area contributed by atoms with Crippen LogP contribution in [-0.2, 0) is 4.74 Å². The zero-order valence-corrected chi connectivity index (χ0v) is 13.6. The second kappa shape index (κ2) is 7.91. The number of nitrogens with zero attached hydrogens (tertiary/aromatic N) is 1. The number of hydrogen-bond donors (Lipinski definition) is 0. The number of carbonyl (C=O) groups excluding carboxylic acids is 1. The molecule has 110 valence electrons. The number of hydrogen-bond acceptors (Lipinski definition) is 3. The van der Waals surface area contributed by atoms with Gasteiger partial charge in [-0.2, -0.15) is 0 Å². The SMILES string of the molecule is COCC1CCN(CCC(=O)c2ccccc2Br)CC1. The van der Waals surface area contributed by atoms with Crippen molar-refractivity contribution in [2.45, 2.75) is 19.3 Å². The lowest BCUT2D eigenvalue weighted by molar-refractivity contribution is 0.0883. The highest BCUT2D eigenvalue weighted by molar-refractivity contribution is 9.10. The molecule has 3 nitrogen and oxygen atoms in total. The smallest absolute Gasteiger partial charge is 0.165 e. The largest absolute Gasteiger partial charge is 0.384 e. The van der Waals surface area contributed by atoms with E-state index in [1.807, 2.05) is 24.3 Å². The summed E-state index contributed by atoms with van der Waals surface area (Å²) in [4.78, 5) is 14.6. The van der Waals surface area contributed by atoms with E-state index < -0.39 is 0 Å². The fourth-order valence-corrected chi connectivity index (χ4v) is 3.20. The Kier molecular flexibility index (Phi) is 6.20. The Morgan fingerprint density at radius 1 is 1.35 bits per heavy atom. The first kappa shape index (κ1) is 15.7. The van der Waals surface area contributed by atoms with E-state index in [4.69, 9.17) is 4.74 Å². The van der Waals surface area contributed by atoms with Crippen LogP contribution in [0.3, 0.4) is 0 Å². The molecule has 0 saturated carbocycles. The molecule has 2 rings (SSSR count). The summed E-state index contributed by atoms with van der Waals surface area (Å²) in [5.74, 6) is 0.909. The molecule has 0 bridgehead atoms. The number of carbonyl (C=O) groups is 1. The van der Waals surface area contributed by atoms with Crippen molar-refractivity contribution in [2.75, 3.05) is 33.4 Å². The molecule has 0 amide bonds. The molecule has 0 radical (unpaired) electrons. The van der Waals surface area contributed by atoms with Gasteiger partial charge < -0.3 is 9.64 Å². The van der Waals surface area contributed by atoms with Crippen molar-refractivity contribution in [2.24, 2.45) is 5.92 Å². The first-order valence-corrected chi connectivity index (χ1v) is 7.99. The first-order valence-electron chi connectivity index (χ1n) is 7.19. The molecule has 0 aromatic heterocycles. The lowest BCUT2D eigenvalue weighted by Crippen LogP contribution is -2.36. The van der Waals surface area contributed by atoms with Crippen molar-refractivity contribution in [3.05, 3.63) is 34.3 Å². The second-order valence-corrected chi connectivity index (χ2v) is 6.25. The van der Waals surface area contributed by atoms with Gasteiger partial charge in [0.05, 0.1) is 0 Å². The van der Waals surface area contributed by atoms with E-state index in [1.54, 1.807) is 7.11 Å². The predicted molar refractivity (Wildman–Crippen MR) is 84.1 cm³/mol. The van der Waals surface area contributed by atoms with Gasteiger partial charge in [0.2, 0.25) is 0 Å². The maximum atomic E-state index is 12.2. The van der Waals surface area contributed by atoms with Gasteiger partial charge in [0.15, 0.2) is 5.78 Å². The molecule has 0 N–H and O–H groups in total. The van der Waals surface area contributed by atoms with E-state index in [0.717, 1.165) is 36.3 Å². The van der Waals surface area contributed by atoms with E-state index in [9.17, 15) is 4.79 Å². The number of methoxy groups -OCH3 is 1. The van der Waals surface area contributed by atoms with Crippen molar-refractivity contribution < 1.29 is 9.53 Å². The van der Waals surface area contributed by atoms with Gasteiger partial charge >= 0.3 is 0 Å². The van der Waals surface area contributed by atoms with Crippen LogP contribution in [0.1, 0.15) is 29.6 Å². The molecule has 1 fully saturated rings. The molecule has 1 aromatic carbocycles. The maximum Gasteiger partial charge on any atom is 0.165 e. The lowest BCUT2D eigenvalue weighted by Gasteiger charge is -2.31. The van der Waals surface area contributed by atoms with Crippen LogP contribution in [0.25, 0.3) is 0 Å². The number of likely N-dealkylation sites (tertiary alicyclic amines) is 1. The highest BCUT2D eigenvalue weighted by Crippen LogP contribution is 2.20. The normalized spacial score (nSPS) is 17.3. The van der Waals surface area contributed by atoms with Crippen LogP contribution < -0.4 is 0 Å². The Bertz CT molecular complexity index is 442. The highest BCUT2D eigenvalue weighted by Gasteiger charge is 2.19. The van der Waals surface area contributed by atoms with Gasteiger partial charge in [-0.15, -0.1) is 0 Å². The third-order valence-electron chi connectivity index (χ3n) is 3.94. The minimum Gasteiger partial charge on any atom is -0.384 e. The van der Waals surface area contributed by atoms with Crippen LogP contribution in [0.2, 0.25) is 0 Å². The van der Waals surface area contributed by atoms with Gasteiger partial charge in [0.25, 0.3) is 0 Å². The van der Waals surface area contributed by atoms with Gasteiger partial charge in [0, 0.05) is 36.7 Å². The van der Waals surface area contributed by atoms with Crippen LogP contribution in [0.5, 0.6) is 0 Å². The Labute approximate surface area is 129 Å². The summed E-state index contributed by atoms with van der Waals surface area (Å²) in [6.45, 7) is 3.89. The molecule has 1 aliphatic heterocycles. The standard InChI is InChI=1S/C16H22BrNO2/c1-20-12-13-6-9-18(10-7-13)11-8-16(19)14-4-2-3-5-15(14)17/h2-5,13H,6-12H2,1H3. The maximum absolute atomic E-state index is 12.2. The zero-order chi connectivity index (χ0) is 14.4. The summed E-state index contributed by atoms with van der Waals surface area (Å²) < 4.78 is 6.10. The number of Topliss-reactive ketones (excluding diaryl/α,β-unsaturated/α-hetero) is 1. The summed E-state index contributed by atoms with van der Waals surface area (Å²) in [5, 5.41) is 0. The minimum atomic E-state index is 0.219.